The molecule has 0 unspecified atom stereocenters. The van der Waals surface area contributed by atoms with Gasteiger partial charge >= 0.3 is 6.18 Å². The van der Waals surface area contributed by atoms with Crippen molar-refractivity contribution in [2.75, 3.05) is 5.73 Å². The van der Waals surface area contributed by atoms with E-state index < -0.39 is 23.3 Å². The van der Waals surface area contributed by atoms with Crippen molar-refractivity contribution < 1.29 is 22.3 Å². The highest BCUT2D eigenvalue weighted by Gasteiger charge is 2.34. The minimum absolute atomic E-state index is 0.0251. The van der Waals surface area contributed by atoms with E-state index in [1.165, 1.54) is 12.1 Å². The smallest absolute Gasteiger partial charge is 0.420 e. The maximum Gasteiger partial charge on any atom is 0.420 e. The Hall–Kier alpha value is -1.76. The Morgan fingerprint density at radius 2 is 1.65 bits per heavy atom. The van der Waals surface area contributed by atoms with Crippen LogP contribution in [0.2, 0.25) is 0 Å². The molecule has 0 fully saturated rings. The van der Waals surface area contributed by atoms with E-state index in [2.05, 4.69) is 15.9 Å². The molecular weight excluding hydrogens is 342 g/mol. The van der Waals surface area contributed by atoms with Gasteiger partial charge in [-0.2, -0.15) is 13.2 Å². The number of rotatable bonds is 2. The third-order valence-electron chi connectivity index (χ3n) is 2.42. The van der Waals surface area contributed by atoms with Crippen molar-refractivity contribution in [1.82, 2.24) is 0 Å². The van der Waals surface area contributed by atoms with Crippen molar-refractivity contribution in [3.8, 4) is 11.5 Å². The Morgan fingerprint density at radius 3 is 2.25 bits per heavy atom. The monoisotopic (exact) mass is 349 g/mol. The molecule has 2 rings (SSSR count). The molecule has 0 spiro atoms. The molecule has 0 aliphatic carbocycles. The summed E-state index contributed by atoms with van der Waals surface area (Å²) in [5.74, 6) is -0.863. The summed E-state index contributed by atoms with van der Waals surface area (Å²) in [6, 6.07) is 6.61. The van der Waals surface area contributed by atoms with Gasteiger partial charge in [-0.05, 0) is 52.3 Å². The normalized spacial score (nSPS) is 11.4. The fraction of sp³-hybridized carbons (Fsp3) is 0.0769. The number of benzene rings is 2. The Kier molecular flexibility index (Phi) is 3.89. The summed E-state index contributed by atoms with van der Waals surface area (Å²) in [4.78, 5) is 0. The molecule has 0 saturated heterocycles. The average molecular weight is 350 g/mol. The highest BCUT2D eigenvalue weighted by molar-refractivity contribution is 9.10. The summed E-state index contributed by atoms with van der Waals surface area (Å²) in [6.07, 6.45) is -4.60. The van der Waals surface area contributed by atoms with E-state index in [0.717, 1.165) is 24.3 Å². The van der Waals surface area contributed by atoms with Crippen molar-refractivity contribution in [2.24, 2.45) is 0 Å². The number of nitrogen functional groups attached to an aromatic ring is 1. The van der Waals surface area contributed by atoms with Gasteiger partial charge in [-0.1, -0.05) is 0 Å². The molecule has 7 heteroatoms. The molecular formula is C13H8BrF4NO. The zero-order valence-corrected chi connectivity index (χ0v) is 11.4. The van der Waals surface area contributed by atoms with Crippen LogP contribution in [0.5, 0.6) is 11.5 Å². The largest absolute Gasteiger partial charge is 0.456 e. The predicted octanol–water partition coefficient (Wildman–Crippen LogP) is 4.98. The molecule has 0 saturated carbocycles. The van der Waals surface area contributed by atoms with Gasteiger partial charge in [0.2, 0.25) is 0 Å². The lowest BCUT2D eigenvalue weighted by molar-refractivity contribution is -0.138. The molecule has 0 aliphatic heterocycles. The molecule has 0 amide bonds. The summed E-state index contributed by atoms with van der Waals surface area (Å²) in [7, 11) is 0. The second kappa shape index (κ2) is 5.32. The Morgan fingerprint density at radius 1 is 1.00 bits per heavy atom. The number of hydrogen-bond acceptors (Lipinski definition) is 2. The summed E-state index contributed by atoms with van der Waals surface area (Å²) in [5, 5.41) is 0. The van der Waals surface area contributed by atoms with Gasteiger partial charge in [0.15, 0.2) is 0 Å². The molecule has 0 atom stereocenters. The molecule has 0 radical (unpaired) electrons. The van der Waals surface area contributed by atoms with Crippen molar-refractivity contribution in [3.63, 3.8) is 0 Å². The topological polar surface area (TPSA) is 35.2 Å². The maximum absolute atomic E-state index is 12.9. The number of alkyl halides is 3. The van der Waals surface area contributed by atoms with Gasteiger partial charge in [-0.25, -0.2) is 4.39 Å². The molecule has 2 aromatic rings. The molecule has 0 aromatic heterocycles. The van der Waals surface area contributed by atoms with Gasteiger partial charge in [-0.15, -0.1) is 0 Å². The first-order valence-corrected chi connectivity index (χ1v) is 6.16. The highest BCUT2D eigenvalue weighted by atomic mass is 79.9. The van der Waals surface area contributed by atoms with Crippen LogP contribution in [0.3, 0.4) is 0 Å². The van der Waals surface area contributed by atoms with Crippen LogP contribution in [0.25, 0.3) is 0 Å². The third kappa shape index (κ3) is 3.22. The average Bonchev–Trinajstić information content (AvgIpc) is 2.33. The molecule has 0 bridgehead atoms. The standard InChI is InChI=1S/C13H8BrF4NO/c14-10-5-7(15)1-3-12(10)20-11-4-2-8(19)6-9(11)13(16,17)18/h1-6H,19H2. The number of anilines is 1. The predicted molar refractivity (Wildman–Crippen MR) is 70.0 cm³/mol. The Bertz CT molecular complexity index is 643. The number of hydrogen-bond donors (Lipinski definition) is 1. The first-order valence-electron chi connectivity index (χ1n) is 5.37. The minimum Gasteiger partial charge on any atom is -0.456 e. The van der Waals surface area contributed by atoms with Crippen LogP contribution in [0, 0.1) is 5.82 Å². The molecule has 106 valence electrons. The van der Waals surface area contributed by atoms with Gasteiger partial charge in [-0.3, -0.25) is 0 Å². The first-order chi connectivity index (χ1) is 9.27. The second-order valence-corrected chi connectivity index (χ2v) is 4.78. The van der Waals surface area contributed by atoms with E-state index in [0.29, 0.717) is 0 Å². The minimum atomic E-state index is -4.60. The van der Waals surface area contributed by atoms with Gasteiger partial charge in [0.25, 0.3) is 0 Å². The van der Waals surface area contributed by atoms with E-state index in [4.69, 9.17) is 10.5 Å². The Balaban J connectivity index is 2.43. The van der Waals surface area contributed by atoms with Gasteiger partial charge in [0, 0.05) is 5.69 Å². The van der Waals surface area contributed by atoms with Crippen LogP contribution >= 0.6 is 15.9 Å². The fourth-order valence-electron chi connectivity index (χ4n) is 1.53. The van der Waals surface area contributed by atoms with Gasteiger partial charge in [0.05, 0.1) is 4.47 Å². The van der Waals surface area contributed by atoms with Crippen LogP contribution in [0.4, 0.5) is 23.2 Å². The van der Waals surface area contributed by atoms with Crippen molar-refractivity contribution >= 4 is 21.6 Å². The molecule has 2 N–H and O–H groups in total. The SMILES string of the molecule is Nc1ccc(Oc2ccc(F)cc2Br)c(C(F)(F)F)c1. The molecule has 20 heavy (non-hydrogen) atoms. The quantitative estimate of drug-likeness (QED) is 0.612. The van der Waals surface area contributed by atoms with Crippen molar-refractivity contribution in [1.29, 1.82) is 0 Å². The molecule has 2 aromatic carbocycles. The van der Waals surface area contributed by atoms with E-state index in [1.807, 2.05) is 0 Å². The molecule has 0 heterocycles. The number of halogens is 5. The third-order valence-corrected chi connectivity index (χ3v) is 3.04. The maximum atomic E-state index is 12.9. The van der Waals surface area contributed by atoms with Crippen LogP contribution in [-0.4, -0.2) is 0 Å². The van der Waals surface area contributed by atoms with E-state index in [-0.39, 0.29) is 15.9 Å². The second-order valence-electron chi connectivity index (χ2n) is 3.93. The summed E-state index contributed by atoms with van der Waals surface area (Å²) in [6.45, 7) is 0. The fourth-order valence-corrected chi connectivity index (χ4v) is 1.97. The lowest BCUT2D eigenvalue weighted by Crippen LogP contribution is -2.08. The van der Waals surface area contributed by atoms with Gasteiger partial charge in [0.1, 0.15) is 22.9 Å². The van der Waals surface area contributed by atoms with E-state index in [9.17, 15) is 17.6 Å². The number of nitrogens with two attached hydrogens (primary N) is 1. The lowest BCUT2D eigenvalue weighted by Gasteiger charge is -2.15. The van der Waals surface area contributed by atoms with E-state index >= 15 is 0 Å². The number of ether oxygens (including phenoxy) is 1. The lowest BCUT2D eigenvalue weighted by atomic mass is 10.1. The highest BCUT2D eigenvalue weighted by Crippen LogP contribution is 2.40. The van der Waals surface area contributed by atoms with Crippen LogP contribution < -0.4 is 10.5 Å². The van der Waals surface area contributed by atoms with Crippen molar-refractivity contribution in [3.05, 3.63) is 52.3 Å². The zero-order chi connectivity index (χ0) is 14.9. The first kappa shape index (κ1) is 14.6. The molecule has 0 aliphatic rings. The van der Waals surface area contributed by atoms with E-state index in [1.54, 1.807) is 0 Å². The Labute approximate surface area is 120 Å². The molecule has 2 nitrogen and oxygen atoms in total. The summed E-state index contributed by atoms with van der Waals surface area (Å²) >= 11 is 3.02. The van der Waals surface area contributed by atoms with Crippen LogP contribution in [0.1, 0.15) is 5.56 Å². The summed E-state index contributed by atoms with van der Waals surface area (Å²) in [5.41, 5.74) is 4.34. The zero-order valence-electron chi connectivity index (χ0n) is 9.84. The van der Waals surface area contributed by atoms with Crippen LogP contribution in [-0.2, 0) is 6.18 Å². The summed E-state index contributed by atoms with van der Waals surface area (Å²) < 4.78 is 57.0. The van der Waals surface area contributed by atoms with Crippen LogP contribution in [0.15, 0.2) is 40.9 Å². The van der Waals surface area contributed by atoms with Crippen molar-refractivity contribution in [2.45, 2.75) is 6.18 Å². The van der Waals surface area contributed by atoms with Gasteiger partial charge < -0.3 is 10.5 Å².